The van der Waals surface area contributed by atoms with Gasteiger partial charge >= 0.3 is 0 Å². The van der Waals surface area contributed by atoms with Crippen LogP contribution in [0.2, 0.25) is 0 Å². The van der Waals surface area contributed by atoms with Gasteiger partial charge in [0.15, 0.2) is 0 Å². The molecule has 4 heteroatoms. The van der Waals surface area contributed by atoms with E-state index in [0.29, 0.717) is 0 Å². The van der Waals surface area contributed by atoms with E-state index in [1.54, 1.807) is 0 Å². The van der Waals surface area contributed by atoms with Crippen molar-refractivity contribution in [1.29, 1.82) is 0 Å². The summed E-state index contributed by atoms with van der Waals surface area (Å²) in [7, 11) is 0. The molecule has 0 bridgehead atoms. The summed E-state index contributed by atoms with van der Waals surface area (Å²) in [5.41, 5.74) is 5.07. The molecular formula is C5H5NO3. The fourth-order valence-electron chi connectivity index (χ4n) is 0.691. The lowest BCUT2D eigenvalue weighted by atomic mass is 10.2. The molecule has 0 heterocycles. The number of ketones is 3. The molecule has 0 radical (unpaired) electrons. The van der Waals surface area contributed by atoms with E-state index < -0.39 is 23.4 Å². The van der Waals surface area contributed by atoms with Crippen molar-refractivity contribution in [3.8, 4) is 0 Å². The van der Waals surface area contributed by atoms with Crippen molar-refractivity contribution in [3.63, 3.8) is 0 Å². The first-order valence-electron chi connectivity index (χ1n) is 2.50. The summed E-state index contributed by atoms with van der Waals surface area (Å²) in [6, 6.07) is -0.870. The van der Waals surface area contributed by atoms with Crippen molar-refractivity contribution in [2.75, 3.05) is 0 Å². The second-order valence-corrected chi connectivity index (χ2v) is 1.93. The molecule has 0 aromatic rings. The molecule has 0 aliphatic heterocycles. The first-order chi connectivity index (χ1) is 4.13. The van der Waals surface area contributed by atoms with Crippen LogP contribution in [0.3, 0.4) is 0 Å². The molecule has 4 nitrogen and oxygen atoms in total. The highest BCUT2D eigenvalue weighted by molar-refractivity contribution is 6.68. The Hall–Kier alpha value is -1.03. The molecule has 1 rings (SSSR count). The van der Waals surface area contributed by atoms with Crippen molar-refractivity contribution in [2.45, 2.75) is 12.5 Å². The second-order valence-electron chi connectivity index (χ2n) is 1.93. The van der Waals surface area contributed by atoms with Gasteiger partial charge in [-0.25, -0.2) is 0 Å². The van der Waals surface area contributed by atoms with Crippen LogP contribution in [-0.2, 0) is 14.4 Å². The van der Waals surface area contributed by atoms with Crippen LogP contribution in [0.4, 0.5) is 0 Å². The summed E-state index contributed by atoms with van der Waals surface area (Å²) >= 11 is 0. The third-order valence-electron chi connectivity index (χ3n) is 1.22. The molecule has 0 amide bonds. The average molecular weight is 127 g/mol. The summed E-state index contributed by atoms with van der Waals surface area (Å²) in [4.78, 5) is 31.1. The second kappa shape index (κ2) is 1.73. The molecule has 1 aliphatic carbocycles. The molecule has 1 saturated carbocycles. The van der Waals surface area contributed by atoms with Crippen LogP contribution in [0.25, 0.3) is 0 Å². The highest BCUT2D eigenvalue weighted by Crippen LogP contribution is 2.03. The molecule has 0 saturated heterocycles. The molecule has 1 aliphatic rings. The van der Waals surface area contributed by atoms with Crippen molar-refractivity contribution < 1.29 is 14.4 Å². The van der Waals surface area contributed by atoms with Gasteiger partial charge in [0, 0.05) is 6.42 Å². The third-order valence-corrected chi connectivity index (χ3v) is 1.22. The molecule has 0 spiro atoms. The van der Waals surface area contributed by atoms with Gasteiger partial charge in [-0.1, -0.05) is 0 Å². The molecule has 0 aromatic heterocycles. The largest absolute Gasteiger partial charge is 0.321 e. The number of rotatable bonds is 0. The highest BCUT2D eigenvalue weighted by atomic mass is 16.2. The molecule has 2 N–H and O–H groups in total. The van der Waals surface area contributed by atoms with Gasteiger partial charge in [0.25, 0.3) is 5.78 Å². The van der Waals surface area contributed by atoms with E-state index in [-0.39, 0.29) is 6.42 Å². The lowest BCUT2D eigenvalue weighted by molar-refractivity contribution is -0.140. The van der Waals surface area contributed by atoms with Gasteiger partial charge in [-0.2, -0.15) is 0 Å². The molecule has 48 valence electrons. The lowest BCUT2D eigenvalue weighted by Crippen LogP contribution is -2.27. The van der Waals surface area contributed by atoms with Crippen LogP contribution < -0.4 is 5.73 Å². The summed E-state index contributed by atoms with van der Waals surface area (Å²) in [5.74, 6) is -2.35. The van der Waals surface area contributed by atoms with Crippen LogP contribution in [-0.4, -0.2) is 23.4 Å². The van der Waals surface area contributed by atoms with Crippen molar-refractivity contribution in [1.82, 2.24) is 0 Å². The first-order valence-corrected chi connectivity index (χ1v) is 2.50. The van der Waals surface area contributed by atoms with E-state index >= 15 is 0 Å². The van der Waals surface area contributed by atoms with Gasteiger partial charge in [0.1, 0.15) is 0 Å². The topological polar surface area (TPSA) is 77.2 Å². The molecule has 1 fully saturated rings. The smallest absolute Gasteiger partial charge is 0.265 e. The zero-order valence-electron chi connectivity index (χ0n) is 4.59. The van der Waals surface area contributed by atoms with Gasteiger partial charge < -0.3 is 5.73 Å². The van der Waals surface area contributed by atoms with Crippen molar-refractivity contribution in [2.24, 2.45) is 5.73 Å². The van der Waals surface area contributed by atoms with Gasteiger partial charge in [0.05, 0.1) is 6.04 Å². The minimum absolute atomic E-state index is 0.113. The van der Waals surface area contributed by atoms with E-state index in [4.69, 9.17) is 5.73 Å². The standard InChI is InChI=1S/C5H5NO3/c6-2-1-3(7)5(9)4(2)8/h2H,1,6H2. The highest BCUT2D eigenvalue weighted by Gasteiger charge is 2.37. The maximum Gasteiger partial charge on any atom is 0.265 e. The van der Waals surface area contributed by atoms with Gasteiger partial charge in [-0.3, -0.25) is 14.4 Å². The van der Waals surface area contributed by atoms with E-state index in [1.807, 2.05) is 0 Å². The van der Waals surface area contributed by atoms with Crippen LogP contribution >= 0.6 is 0 Å². The van der Waals surface area contributed by atoms with Crippen molar-refractivity contribution >= 4 is 17.3 Å². The Kier molecular flexibility index (Phi) is 1.17. The van der Waals surface area contributed by atoms with E-state index in [2.05, 4.69) is 0 Å². The lowest BCUT2D eigenvalue weighted by Gasteiger charge is -1.89. The Balaban J connectivity index is 2.90. The number of hydrogen-bond acceptors (Lipinski definition) is 4. The Morgan fingerprint density at radius 2 is 1.89 bits per heavy atom. The number of hydrogen-bond donors (Lipinski definition) is 1. The number of Topliss-reactive ketones (excluding diaryl/α,β-unsaturated/α-hetero) is 3. The SMILES string of the molecule is NC1CC(=O)C(=O)C1=O. The number of carbonyl (C=O) groups is 3. The monoisotopic (exact) mass is 127 g/mol. The summed E-state index contributed by atoms with van der Waals surface area (Å²) in [6.45, 7) is 0. The quantitative estimate of drug-likeness (QED) is 0.398. The third kappa shape index (κ3) is 0.768. The van der Waals surface area contributed by atoms with Crippen LogP contribution in [0, 0.1) is 0 Å². The zero-order valence-corrected chi connectivity index (χ0v) is 4.59. The Morgan fingerprint density at radius 1 is 1.33 bits per heavy atom. The zero-order chi connectivity index (χ0) is 7.02. The summed E-state index contributed by atoms with van der Waals surface area (Å²) < 4.78 is 0. The van der Waals surface area contributed by atoms with Crippen LogP contribution in [0.5, 0.6) is 0 Å². The van der Waals surface area contributed by atoms with Gasteiger partial charge in [-0.05, 0) is 0 Å². The molecule has 1 unspecified atom stereocenters. The van der Waals surface area contributed by atoms with Crippen LogP contribution in [0.1, 0.15) is 6.42 Å². The maximum atomic E-state index is 10.4. The predicted molar refractivity (Wildman–Crippen MR) is 27.6 cm³/mol. The molecule has 9 heavy (non-hydrogen) atoms. The van der Waals surface area contributed by atoms with Crippen molar-refractivity contribution in [3.05, 3.63) is 0 Å². The van der Waals surface area contributed by atoms with E-state index in [0.717, 1.165) is 0 Å². The fraction of sp³-hybridized carbons (Fsp3) is 0.400. The average Bonchev–Trinajstić information content (AvgIpc) is 1.98. The van der Waals surface area contributed by atoms with E-state index in [9.17, 15) is 14.4 Å². The Bertz CT molecular complexity index is 196. The number of nitrogens with two attached hydrogens (primary N) is 1. The molecule has 0 aromatic carbocycles. The maximum absolute atomic E-state index is 10.4. The normalized spacial score (nSPS) is 27.7. The fourth-order valence-corrected chi connectivity index (χ4v) is 0.691. The molecular weight excluding hydrogens is 122 g/mol. The summed E-state index contributed by atoms with van der Waals surface area (Å²) in [6.07, 6.45) is -0.113. The molecule has 1 atom stereocenters. The first kappa shape index (κ1) is 6.10. The minimum Gasteiger partial charge on any atom is -0.321 e. The minimum atomic E-state index is -0.942. The predicted octanol–water partition coefficient (Wildman–Crippen LogP) is -1.58. The summed E-state index contributed by atoms with van der Waals surface area (Å²) in [5, 5.41) is 0. The Morgan fingerprint density at radius 3 is 2.00 bits per heavy atom. The van der Waals surface area contributed by atoms with Gasteiger partial charge in [0.2, 0.25) is 11.6 Å². The van der Waals surface area contributed by atoms with Gasteiger partial charge in [-0.15, -0.1) is 0 Å². The van der Waals surface area contributed by atoms with Crippen LogP contribution in [0.15, 0.2) is 0 Å². The number of carbonyl (C=O) groups excluding carboxylic acids is 3. The van der Waals surface area contributed by atoms with E-state index in [1.165, 1.54) is 0 Å². The Labute approximate surface area is 51.0 Å².